The van der Waals surface area contributed by atoms with Gasteiger partial charge in [-0.15, -0.1) is 0 Å². The average molecular weight is 247 g/mol. The molecule has 3 heterocycles. The first-order chi connectivity index (χ1) is 8.42. The van der Waals surface area contributed by atoms with Crippen LogP contribution >= 0.6 is 11.3 Å². The van der Waals surface area contributed by atoms with E-state index in [0.29, 0.717) is 6.04 Å². The van der Waals surface area contributed by atoms with Gasteiger partial charge in [0.05, 0.1) is 12.7 Å². The van der Waals surface area contributed by atoms with Crippen molar-refractivity contribution in [3.05, 3.63) is 29.2 Å². The quantitative estimate of drug-likeness (QED) is 0.904. The molecule has 1 aliphatic rings. The normalized spacial score (nSPS) is 20.6. The van der Waals surface area contributed by atoms with Crippen molar-refractivity contribution in [2.75, 3.05) is 6.54 Å². The van der Waals surface area contributed by atoms with Crippen molar-refractivity contribution < 1.29 is 0 Å². The van der Waals surface area contributed by atoms with E-state index in [-0.39, 0.29) is 0 Å². The zero-order valence-electron chi connectivity index (χ0n) is 9.80. The molecule has 0 spiro atoms. The van der Waals surface area contributed by atoms with Crippen LogP contribution in [0.4, 0.5) is 0 Å². The van der Waals surface area contributed by atoms with Crippen LogP contribution in [-0.4, -0.2) is 22.4 Å². The molecular weight excluding hydrogens is 230 g/mol. The maximum absolute atomic E-state index is 4.45. The average Bonchev–Trinajstić information content (AvgIpc) is 3.00. The molecule has 4 heteroatoms. The third-order valence-electron chi connectivity index (χ3n) is 3.31. The molecule has 1 fully saturated rings. The Labute approximate surface area is 105 Å². The zero-order chi connectivity index (χ0) is 11.5. The molecule has 0 aliphatic carbocycles. The highest BCUT2D eigenvalue weighted by Gasteiger charge is 2.13. The van der Waals surface area contributed by atoms with Gasteiger partial charge in [-0.1, -0.05) is 6.42 Å². The smallest absolute Gasteiger partial charge is 0.0568 e. The minimum absolute atomic E-state index is 0.596. The second-order valence-corrected chi connectivity index (χ2v) is 5.39. The number of nitrogens with one attached hydrogen (secondary N) is 1. The van der Waals surface area contributed by atoms with E-state index in [9.17, 15) is 0 Å². The molecule has 1 unspecified atom stereocenters. The summed E-state index contributed by atoms with van der Waals surface area (Å²) in [6.07, 6.45) is 8.04. The molecule has 0 radical (unpaired) electrons. The number of nitrogens with zero attached hydrogens (tertiary/aromatic N) is 2. The molecule has 1 saturated heterocycles. The monoisotopic (exact) mass is 247 g/mol. The Balaban J connectivity index is 1.68. The van der Waals surface area contributed by atoms with Crippen LogP contribution in [0.15, 0.2) is 29.2 Å². The van der Waals surface area contributed by atoms with Gasteiger partial charge < -0.3 is 5.32 Å². The lowest BCUT2D eigenvalue weighted by atomic mass is 10.1. The van der Waals surface area contributed by atoms with E-state index in [1.54, 1.807) is 11.3 Å². The minimum Gasteiger partial charge on any atom is -0.312 e. The van der Waals surface area contributed by atoms with Crippen LogP contribution in [0.5, 0.6) is 0 Å². The van der Waals surface area contributed by atoms with Crippen molar-refractivity contribution in [3.63, 3.8) is 0 Å². The molecule has 1 aliphatic heterocycles. The largest absolute Gasteiger partial charge is 0.312 e. The lowest BCUT2D eigenvalue weighted by Gasteiger charge is -2.23. The van der Waals surface area contributed by atoms with Gasteiger partial charge in [0.25, 0.3) is 0 Å². The van der Waals surface area contributed by atoms with Crippen LogP contribution in [0.1, 0.15) is 19.3 Å². The second-order valence-electron chi connectivity index (χ2n) is 4.61. The van der Waals surface area contributed by atoms with E-state index in [2.05, 4.69) is 38.1 Å². The summed E-state index contributed by atoms with van der Waals surface area (Å²) in [5.41, 5.74) is 2.50. The van der Waals surface area contributed by atoms with Crippen LogP contribution in [0, 0.1) is 0 Å². The Hall–Kier alpha value is -1.13. The summed E-state index contributed by atoms with van der Waals surface area (Å²) in [6, 6.07) is 2.74. The van der Waals surface area contributed by atoms with Gasteiger partial charge in [-0.2, -0.15) is 16.4 Å². The van der Waals surface area contributed by atoms with Crippen molar-refractivity contribution in [1.29, 1.82) is 0 Å². The summed E-state index contributed by atoms with van der Waals surface area (Å²) in [7, 11) is 0. The number of rotatable bonds is 3. The third-order valence-corrected chi connectivity index (χ3v) is 3.99. The number of aromatic nitrogens is 2. The summed E-state index contributed by atoms with van der Waals surface area (Å²) < 4.78 is 2.07. The number of thiophene rings is 1. The van der Waals surface area contributed by atoms with Crippen molar-refractivity contribution in [1.82, 2.24) is 15.1 Å². The summed E-state index contributed by atoms with van der Waals surface area (Å²) in [4.78, 5) is 0. The fourth-order valence-electron chi connectivity index (χ4n) is 2.35. The van der Waals surface area contributed by atoms with Crippen LogP contribution in [0.25, 0.3) is 11.1 Å². The molecule has 0 aromatic carbocycles. The SMILES string of the molecule is c1cc(-c2cnn(CC3CCCCN3)c2)cs1. The number of piperidine rings is 1. The summed E-state index contributed by atoms with van der Waals surface area (Å²) in [5, 5.41) is 12.3. The molecule has 1 N–H and O–H groups in total. The van der Waals surface area contributed by atoms with Crippen molar-refractivity contribution in [2.24, 2.45) is 0 Å². The molecule has 3 rings (SSSR count). The Kier molecular flexibility index (Phi) is 3.25. The van der Waals surface area contributed by atoms with Gasteiger partial charge in [0.15, 0.2) is 0 Å². The van der Waals surface area contributed by atoms with E-state index in [1.807, 2.05) is 6.20 Å². The van der Waals surface area contributed by atoms with Crippen molar-refractivity contribution in [3.8, 4) is 11.1 Å². The molecule has 2 aromatic rings. The van der Waals surface area contributed by atoms with Gasteiger partial charge in [0.1, 0.15) is 0 Å². The van der Waals surface area contributed by atoms with Gasteiger partial charge in [0.2, 0.25) is 0 Å². The minimum atomic E-state index is 0.596. The van der Waals surface area contributed by atoms with Crippen molar-refractivity contribution in [2.45, 2.75) is 31.8 Å². The molecule has 3 nitrogen and oxygen atoms in total. The molecular formula is C13H17N3S. The predicted octanol–water partition coefficient (Wildman–Crippen LogP) is 2.75. The van der Waals surface area contributed by atoms with E-state index in [0.717, 1.165) is 13.1 Å². The highest BCUT2D eigenvalue weighted by Crippen LogP contribution is 2.21. The van der Waals surface area contributed by atoms with Crippen molar-refractivity contribution >= 4 is 11.3 Å². The fraction of sp³-hybridized carbons (Fsp3) is 0.462. The van der Waals surface area contributed by atoms with Crippen LogP contribution in [-0.2, 0) is 6.54 Å². The Morgan fingerprint density at radius 1 is 1.41 bits per heavy atom. The topological polar surface area (TPSA) is 29.9 Å². The summed E-state index contributed by atoms with van der Waals surface area (Å²) in [6.45, 7) is 2.15. The lowest BCUT2D eigenvalue weighted by molar-refractivity contribution is 0.351. The van der Waals surface area contributed by atoms with Crippen LogP contribution in [0.3, 0.4) is 0 Å². The van der Waals surface area contributed by atoms with Crippen LogP contribution < -0.4 is 5.32 Å². The first-order valence-corrected chi connectivity index (χ1v) is 7.14. The van der Waals surface area contributed by atoms with E-state index in [4.69, 9.17) is 0 Å². The first kappa shape index (κ1) is 11.0. The highest BCUT2D eigenvalue weighted by atomic mass is 32.1. The maximum atomic E-state index is 4.45. The molecule has 2 aromatic heterocycles. The fourth-order valence-corrected chi connectivity index (χ4v) is 3.01. The number of hydrogen-bond acceptors (Lipinski definition) is 3. The van der Waals surface area contributed by atoms with Gasteiger partial charge in [-0.05, 0) is 41.8 Å². The van der Waals surface area contributed by atoms with Crippen LogP contribution in [0.2, 0.25) is 0 Å². The Morgan fingerprint density at radius 3 is 3.18 bits per heavy atom. The second kappa shape index (κ2) is 5.02. The lowest BCUT2D eigenvalue weighted by Crippen LogP contribution is -2.37. The third kappa shape index (κ3) is 2.58. The summed E-state index contributed by atoms with van der Waals surface area (Å²) >= 11 is 1.73. The van der Waals surface area contributed by atoms with Gasteiger partial charge in [0, 0.05) is 17.8 Å². The standard InChI is InChI=1S/C13H17N3S/c1-2-5-14-13(3-1)9-16-8-12(7-15-16)11-4-6-17-10-11/h4,6-8,10,13-14H,1-3,5,9H2. The van der Waals surface area contributed by atoms with Gasteiger partial charge >= 0.3 is 0 Å². The molecule has 17 heavy (non-hydrogen) atoms. The zero-order valence-corrected chi connectivity index (χ0v) is 10.6. The molecule has 90 valence electrons. The van der Waals surface area contributed by atoms with Gasteiger partial charge in [-0.3, -0.25) is 4.68 Å². The maximum Gasteiger partial charge on any atom is 0.0568 e. The van der Waals surface area contributed by atoms with E-state index in [1.165, 1.54) is 30.4 Å². The number of hydrogen-bond donors (Lipinski definition) is 1. The molecule has 0 saturated carbocycles. The molecule has 1 atom stereocenters. The summed E-state index contributed by atoms with van der Waals surface area (Å²) in [5.74, 6) is 0. The van der Waals surface area contributed by atoms with Gasteiger partial charge in [-0.25, -0.2) is 0 Å². The molecule has 0 amide bonds. The Bertz CT molecular complexity index is 455. The van der Waals surface area contributed by atoms with E-state index >= 15 is 0 Å². The highest BCUT2D eigenvalue weighted by molar-refractivity contribution is 7.08. The van der Waals surface area contributed by atoms with E-state index < -0.39 is 0 Å². The predicted molar refractivity (Wildman–Crippen MR) is 71.2 cm³/mol. The Morgan fingerprint density at radius 2 is 2.41 bits per heavy atom. The first-order valence-electron chi connectivity index (χ1n) is 6.20. The molecule has 0 bridgehead atoms.